The van der Waals surface area contributed by atoms with Crippen LogP contribution >= 0.6 is 0 Å². The van der Waals surface area contributed by atoms with Crippen LogP contribution in [0.1, 0.15) is 36.5 Å². The molecule has 25 heavy (non-hydrogen) atoms. The molecular weight excluding hydrogens is 324 g/mol. The molecule has 0 spiro atoms. The Morgan fingerprint density at radius 3 is 2.68 bits per heavy atom. The van der Waals surface area contributed by atoms with E-state index in [0.29, 0.717) is 57.2 Å². The minimum absolute atomic E-state index is 0.0379. The highest BCUT2D eigenvalue weighted by Crippen LogP contribution is 2.21. The van der Waals surface area contributed by atoms with Gasteiger partial charge in [-0.2, -0.15) is 0 Å². The van der Waals surface area contributed by atoms with Gasteiger partial charge in [0, 0.05) is 31.8 Å². The zero-order valence-corrected chi connectivity index (χ0v) is 14.5. The maximum absolute atomic E-state index is 12.6. The van der Waals surface area contributed by atoms with Crippen molar-refractivity contribution in [2.45, 2.75) is 32.3 Å². The lowest BCUT2D eigenvalue weighted by Crippen LogP contribution is -2.40. The number of rotatable bonds is 5. The highest BCUT2D eigenvalue weighted by Gasteiger charge is 2.28. The zero-order chi connectivity index (χ0) is 17.6. The van der Waals surface area contributed by atoms with Crippen LogP contribution in [-0.2, 0) is 14.3 Å². The van der Waals surface area contributed by atoms with Gasteiger partial charge < -0.3 is 19.1 Å². The summed E-state index contributed by atoms with van der Waals surface area (Å²) in [6.45, 7) is 4.60. The van der Waals surface area contributed by atoms with Crippen LogP contribution in [0.5, 0.6) is 5.88 Å². The topological polar surface area (TPSA) is 78.0 Å². The number of carbonyl (C=O) groups is 2. The Morgan fingerprint density at radius 2 is 2.08 bits per heavy atom. The molecule has 0 aliphatic carbocycles. The maximum atomic E-state index is 12.6. The summed E-state index contributed by atoms with van der Waals surface area (Å²) < 4.78 is 16.0. The Bertz CT molecular complexity index is 590. The molecular formula is C18H24N2O5. The SMILES string of the molecule is CCOC(=O)C1CCN(C(=O)c2ccc(O[C@H]3CCOC3)nc2)CC1. The Morgan fingerprint density at radius 1 is 1.28 bits per heavy atom. The van der Waals surface area contributed by atoms with Crippen molar-refractivity contribution in [1.29, 1.82) is 0 Å². The standard InChI is InChI=1S/C18H24N2O5/c1-2-24-18(22)13-5-8-20(9-6-13)17(21)14-3-4-16(19-11-14)25-15-7-10-23-12-15/h3-4,11,13,15H,2,5-10,12H2,1H3/t15-/m0/s1. The molecule has 2 aliphatic rings. The second-order valence-electron chi connectivity index (χ2n) is 6.31. The summed E-state index contributed by atoms with van der Waals surface area (Å²) in [5, 5.41) is 0. The van der Waals surface area contributed by atoms with E-state index in [4.69, 9.17) is 14.2 Å². The monoisotopic (exact) mass is 348 g/mol. The minimum Gasteiger partial charge on any atom is -0.472 e. The lowest BCUT2D eigenvalue weighted by molar-refractivity contribution is -0.149. The number of amides is 1. The third-order valence-electron chi connectivity index (χ3n) is 4.56. The van der Waals surface area contributed by atoms with Crippen LogP contribution in [0, 0.1) is 5.92 Å². The average Bonchev–Trinajstić information content (AvgIpc) is 3.15. The quantitative estimate of drug-likeness (QED) is 0.753. The van der Waals surface area contributed by atoms with Crippen molar-refractivity contribution >= 4 is 11.9 Å². The highest BCUT2D eigenvalue weighted by molar-refractivity contribution is 5.94. The number of hydrogen-bond donors (Lipinski definition) is 0. The number of ether oxygens (including phenoxy) is 3. The molecule has 2 aliphatic heterocycles. The van der Waals surface area contributed by atoms with Gasteiger partial charge in [-0.05, 0) is 25.8 Å². The van der Waals surface area contributed by atoms with E-state index >= 15 is 0 Å². The van der Waals surface area contributed by atoms with Crippen LogP contribution in [0.2, 0.25) is 0 Å². The average molecular weight is 348 g/mol. The molecule has 1 amide bonds. The van der Waals surface area contributed by atoms with Gasteiger partial charge in [0.1, 0.15) is 6.10 Å². The van der Waals surface area contributed by atoms with Gasteiger partial charge in [0.15, 0.2) is 0 Å². The summed E-state index contributed by atoms with van der Waals surface area (Å²) in [5.41, 5.74) is 0.532. The van der Waals surface area contributed by atoms with Crippen LogP contribution < -0.4 is 4.74 Å². The number of aromatic nitrogens is 1. The largest absolute Gasteiger partial charge is 0.472 e. The molecule has 1 aromatic rings. The second-order valence-corrected chi connectivity index (χ2v) is 6.31. The first kappa shape index (κ1) is 17.7. The van der Waals surface area contributed by atoms with Crippen molar-refractivity contribution < 1.29 is 23.8 Å². The second kappa shape index (κ2) is 8.29. The number of piperidine rings is 1. The Labute approximate surface area is 147 Å². The van der Waals surface area contributed by atoms with E-state index in [1.54, 1.807) is 30.2 Å². The third-order valence-corrected chi connectivity index (χ3v) is 4.56. The number of esters is 1. The zero-order valence-electron chi connectivity index (χ0n) is 14.5. The fourth-order valence-corrected chi connectivity index (χ4v) is 3.11. The first-order chi connectivity index (χ1) is 12.2. The molecule has 1 atom stereocenters. The molecule has 0 unspecified atom stereocenters. The van der Waals surface area contributed by atoms with Crippen LogP contribution in [0.25, 0.3) is 0 Å². The van der Waals surface area contributed by atoms with E-state index < -0.39 is 0 Å². The van der Waals surface area contributed by atoms with Crippen LogP contribution in [0.15, 0.2) is 18.3 Å². The van der Waals surface area contributed by atoms with E-state index in [0.717, 1.165) is 6.42 Å². The fourth-order valence-electron chi connectivity index (χ4n) is 3.11. The predicted molar refractivity (Wildman–Crippen MR) is 89.3 cm³/mol. The van der Waals surface area contributed by atoms with Gasteiger partial charge in [0.2, 0.25) is 5.88 Å². The van der Waals surface area contributed by atoms with Gasteiger partial charge in [-0.15, -0.1) is 0 Å². The van der Waals surface area contributed by atoms with Crippen LogP contribution in [0.3, 0.4) is 0 Å². The number of likely N-dealkylation sites (tertiary alicyclic amines) is 1. The van der Waals surface area contributed by atoms with Gasteiger partial charge in [-0.3, -0.25) is 9.59 Å². The molecule has 7 heteroatoms. The molecule has 3 heterocycles. The number of hydrogen-bond acceptors (Lipinski definition) is 6. The van der Waals surface area contributed by atoms with E-state index in [2.05, 4.69) is 4.98 Å². The van der Waals surface area contributed by atoms with E-state index in [1.165, 1.54) is 0 Å². The molecule has 2 fully saturated rings. The number of nitrogens with zero attached hydrogens (tertiary/aromatic N) is 2. The molecule has 0 bridgehead atoms. The number of carbonyl (C=O) groups excluding carboxylic acids is 2. The van der Waals surface area contributed by atoms with Crippen molar-refractivity contribution in [1.82, 2.24) is 9.88 Å². The van der Waals surface area contributed by atoms with Crippen LogP contribution in [-0.4, -0.2) is 60.8 Å². The summed E-state index contributed by atoms with van der Waals surface area (Å²) in [6, 6.07) is 3.45. The van der Waals surface area contributed by atoms with Gasteiger partial charge in [0.25, 0.3) is 5.91 Å². The Balaban J connectivity index is 1.52. The summed E-state index contributed by atoms with van der Waals surface area (Å²) >= 11 is 0. The smallest absolute Gasteiger partial charge is 0.309 e. The van der Waals surface area contributed by atoms with E-state index in [-0.39, 0.29) is 23.9 Å². The molecule has 136 valence electrons. The Kier molecular flexibility index (Phi) is 5.86. The summed E-state index contributed by atoms with van der Waals surface area (Å²) in [4.78, 5) is 30.3. The van der Waals surface area contributed by atoms with Crippen molar-refractivity contribution in [3.63, 3.8) is 0 Å². The molecule has 3 rings (SSSR count). The minimum atomic E-state index is -0.159. The molecule has 0 aromatic carbocycles. The van der Waals surface area contributed by atoms with E-state index in [1.807, 2.05) is 0 Å². The first-order valence-electron chi connectivity index (χ1n) is 8.83. The number of pyridine rings is 1. The maximum Gasteiger partial charge on any atom is 0.309 e. The predicted octanol–water partition coefficient (Wildman–Crippen LogP) is 1.66. The first-order valence-corrected chi connectivity index (χ1v) is 8.83. The molecule has 7 nitrogen and oxygen atoms in total. The molecule has 0 saturated carbocycles. The van der Waals surface area contributed by atoms with Gasteiger partial charge in [-0.1, -0.05) is 0 Å². The summed E-state index contributed by atoms with van der Waals surface area (Å²) in [5.74, 6) is 0.179. The van der Waals surface area contributed by atoms with E-state index in [9.17, 15) is 9.59 Å². The fraction of sp³-hybridized carbons (Fsp3) is 0.611. The molecule has 0 N–H and O–H groups in total. The summed E-state index contributed by atoms with van der Waals surface area (Å²) in [7, 11) is 0. The van der Waals surface area contributed by atoms with Gasteiger partial charge in [-0.25, -0.2) is 4.98 Å². The molecule has 2 saturated heterocycles. The molecule has 1 aromatic heterocycles. The summed E-state index contributed by atoms with van der Waals surface area (Å²) in [6.07, 6.45) is 3.72. The van der Waals surface area contributed by atoms with Crippen molar-refractivity contribution in [3.05, 3.63) is 23.9 Å². The van der Waals surface area contributed by atoms with Crippen molar-refractivity contribution in [2.75, 3.05) is 32.9 Å². The lowest BCUT2D eigenvalue weighted by Gasteiger charge is -2.30. The molecule has 0 radical (unpaired) electrons. The van der Waals surface area contributed by atoms with Crippen molar-refractivity contribution in [2.24, 2.45) is 5.92 Å². The highest BCUT2D eigenvalue weighted by atomic mass is 16.5. The third kappa shape index (κ3) is 4.48. The van der Waals surface area contributed by atoms with Gasteiger partial charge >= 0.3 is 5.97 Å². The lowest BCUT2D eigenvalue weighted by atomic mass is 9.96. The van der Waals surface area contributed by atoms with Crippen LogP contribution in [0.4, 0.5) is 0 Å². The normalized spacial score (nSPS) is 21.2. The van der Waals surface area contributed by atoms with Gasteiger partial charge in [0.05, 0.1) is 31.3 Å². The van der Waals surface area contributed by atoms with Crippen molar-refractivity contribution in [3.8, 4) is 5.88 Å². The Hall–Kier alpha value is -2.15.